The Kier molecular flexibility index (Phi) is 4.40. The molecule has 10 heteroatoms. The second-order valence-corrected chi connectivity index (χ2v) is 3.83. The predicted octanol–water partition coefficient (Wildman–Crippen LogP) is 5.14. The van der Waals surface area contributed by atoms with Gasteiger partial charge in [0, 0.05) is 0 Å². The van der Waals surface area contributed by atoms with Gasteiger partial charge in [-0.15, -0.1) is 0 Å². The van der Waals surface area contributed by atoms with Gasteiger partial charge in [-0.25, -0.2) is 0 Å². The molecule has 1 aromatic rings. The Morgan fingerprint density at radius 2 is 1.14 bits per heavy atom. The molecule has 0 radical (unpaired) electrons. The van der Waals surface area contributed by atoms with Gasteiger partial charge in [0.25, 0.3) is 0 Å². The van der Waals surface area contributed by atoms with Crippen molar-refractivity contribution in [3.05, 3.63) is 28.8 Å². The molecule has 0 heterocycles. The third kappa shape index (κ3) is 3.94. The molecule has 1 nitrogen and oxygen atoms in total. The highest BCUT2D eigenvalue weighted by atomic mass is 19.4. The zero-order valence-electron chi connectivity index (χ0n) is 10.2. The first-order chi connectivity index (χ1) is 9.28. The first-order valence-electron chi connectivity index (χ1n) is 5.31. The van der Waals surface area contributed by atoms with Crippen molar-refractivity contribution in [1.29, 1.82) is 0 Å². The van der Waals surface area contributed by atoms with Crippen LogP contribution < -0.4 is 4.74 Å². The normalized spacial score (nSPS) is 13.4. The van der Waals surface area contributed by atoms with Gasteiger partial charge in [-0.1, -0.05) is 0 Å². The van der Waals surface area contributed by atoms with Crippen LogP contribution in [-0.4, -0.2) is 6.61 Å². The average Bonchev–Trinajstić information content (AvgIpc) is 2.24. The van der Waals surface area contributed by atoms with Crippen molar-refractivity contribution in [2.45, 2.75) is 25.5 Å². The lowest BCUT2D eigenvalue weighted by molar-refractivity contribution is -0.150. The number of hydrogen-bond acceptors (Lipinski definition) is 1. The van der Waals surface area contributed by atoms with E-state index in [1.54, 1.807) is 0 Å². The van der Waals surface area contributed by atoms with Crippen molar-refractivity contribution in [1.82, 2.24) is 0 Å². The van der Waals surface area contributed by atoms with E-state index < -0.39 is 59.7 Å². The summed E-state index contributed by atoms with van der Waals surface area (Å²) in [4.78, 5) is 0. The van der Waals surface area contributed by atoms with E-state index in [0.717, 1.165) is 6.92 Å². The topological polar surface area (TPSA) is 9.23 Å². The van der Waals surface area contributed by atoms with Crippen LogP contribution in [0, 0.1) is 0 Å². The molecule has 0 bridgehead atoms. The lowest BCUT2D eigenvalue weighted by Gasteiger charge is -2.20. The summed E-state index contributed by atoms with van der Waals surface area (Å²) in [5.41, 5.74) is -6.29. The molecule has 120 valence electrons. The quantitative estimate of drug-likeness (QED) is 0.684. The van der Waals surface area contributed by atoms with Gasteiger partial charge in [0.1, 0.15) is 5.75 Å². The smallest absolute Gasteiger partial charge is 0.419 e. The highest BCUT2D eigenvalue weighted by molar-refractivity contribution is 5.48. The Balaban J connectivity index is 3.75. The van der Waals surface area contributed by atoms with Crippen LogP contribution >= 0.6 is 0 Å². The third-order valence-corrected chi connectivity index (χ3v) is 2.32. The second-order valence-electron chi connectivity index (χ2n) is 3.83. The zero-order valence-corrected chi connectivity index (χ0v) is 10.2. The fourth-order valence-corrected chi connectivity index (χ4v) is 1.51. The Bertz CT molecular complexity index is 475. The Hall–Kier alpha value is -1.61. The lowest BCUT2D eigenvalue weighted by atomic mass is 10.0. The van der Waals surface area contributed by atoms with Crippen molar-refractivity contribution in [3.63, 3.8) is 0 Å². The fraction of sp³-hybridized carbons (Fsp3) is 0.455. The minimum absolute atomic E-state index is 0.403. The SMILES string of the molecule is CCOc1c(C(F)(F)F)cc(C(F)(F)F)cc1C(F)(F)F. The first-order valence-corrected chi connectivity index (χ1v) is 5.31. The van der Waals surface area contributed by atoms with Crippen LogP contribution in [0.3, 0.4) is 0 Å². The van der Waals surface area contributed by atoms with Gasteiger partial charge in [0.15, 0.2) is 0 Å². The molecule has 0 aliphatic rings. The van der Waals surface area contributed by atoms with Gasteiger partial charge < -0.3 is 4.74 Å². The molecule has 0 saturated heterocycles. The van der Waals surface area contributed by atoms with Crippen LogP contribution in [0.25, 0.3) is 0 Å². The average molecular weight is 326 g/mol. The standard InChI is InChI=1S/C11H7F9O/c1-2-21-8-6(10(15,16)17)3-5(9(12,13)14)4-7(8)11(18,19)20/h3-4H,2H2,1H3. The maximum atomic E-state index is 12.7. The van der Waals surface area contributed by atoms with E-state index in [-0.39, 0.29) is 0 Å². The molecule has 21 heavy (non-hydrogen) atoms. The van der Waals surface area contributed by atoms with E-state index in [2.05, 4.69) is 4.74 Å². The number of alkyl halides is 9. The molecule has 0 unspecified atom stereocenters. The minimum atomic E-state index is -5.42. The molecule has 0 fully saturated rings. The summed E-state index contributed by atoms with van der Waals surface area (Å²) in [7, 11) is 0. The van der Waals surface area contributed by atoms with Gasteiger partial charge in [0.2, 0.25) is 0 Å². The minimum Gasteiger partial charge on any atom is -0.493 e. The Morgan fingerprint density at radius 1 is 0.762 bits per heavy atom. The molecule has 0 amide bonds. The highest BCUT2D eigenvalue weighted by Gasteiger charge is 2.45. The van der Waals surface area contributed by atoms with Crippen molar-refractivity contribution in [3.8, 4) is 5.75 Å². The second kappa shape index (κ2) is 5.30. The summed E-state index contributed by atoms with van der Waals surface area (Å²) in [6.07, 6.45) is -16.2. The van der Waals surface area contributed by atoms with Gasteiger partial charge in [-0.2, -0.15) is 39.5 Å². The maximum absolute atomic E-state index is 12.7. The molecular weight excluding hydrogens is 319 g/mol. The summed E-state index contributed by atoms with van der Waals surface area (Å²) in [6.45, 7) is 0.537. The molecule has 1 rings (SSSR count). The number of halogens is 9. The van der Waals surface area contributed by atoms with Gasteiger partial charge in [-0.05, 0) is 19.1 Å². The Morgan fingerprint density at radius 3 is 1.38 bits per heavy atom. The molecule has 0 N–H and O–H groups in total. The molecule has 0 aliphatic heterocycles. The number of ether oxygens (including phenoxy) is 1. The van der Waals surface area contributed by atoms with E-state index in [4.69, 9.17) is 0 Å². The van der Waals surface area contributed by atoms with E-state index in [1.807, 2.05) is 0 Å². The van der Waals surface area contributed by atoms with E-state index in [1.165, 1.54) is 0 Å². The largest absolute Gasteiger partial charge is 0.493 e. The molecule has 0 saturated carbocycles. The van der Waals surface area contributed by atoms with E-state index in [0.29, 0.717) is 0 Å². The van der Waals surface area contributed by atoms with Crippen molar-refractivity contribution in [2.75, 3.05) is 6.61 Å². The maximum Gasteiger partial charge on any atom is 0.419 e. The van der Waals surface area contributed by atoms with Crippen molar-refractivity contribution < 1.29 is 44.3 Å². The van der Waals surface area contributed by atoms with Crippen LogP contribution in [0.2, 0.25) is 0 Å². The van der Waals surface area contributed by atoms with Crippen LogP contribution in [-0.2, 0) is 18.5 Å². The number of benzene rings is 1. The lowest BCUT2D eigenvalue weighted by Crippen LogP contribution is -2.18. The zero-order chi connectivity index (χ0) is 16.6. The van der Waals surface area contributed by atoms with Crippen LogP contribution in [0.15, 0.2) is 12.1 Å². The van der Waals surface area contributed by atoms with Gasteiger partial charge in [0.05, 0.1) is 23.3 Å². The molecule has 0 atom stereocenters. The molecule has 0 aliphatic carbocycles. The first kappa shape index (κ1) is 17.4. The van der Waals surface area contributed by atoms with Crippen molar-refractivity contribution in [2.24, 2.45) is 0 Å². The summed E-state index contributed by atoms with van der Waals surface area (Å²) >= 11 is 0. The summed E-state index contributed by atoms with van der Waals surface area (Å²) in [5.74, 6) is -1.66. The van der Waals surface area contributed by atoms with E-state index in [9.17, 15) is 39.5 Å². The molecular formula is C11H7F9O. The fourth-order valence-electron chi connectivity index (χ4n) is 1.51. The van der Waals surface area contributed by atoms with Gasteiger partial charge >= 0.3 is 18.5 Å². The molecule has 1 aromatic carbocycles. The predicted molar refractivity (Wildman–Crippen MR) is 52.6 cm³/mol. The van der Waals surface area contributed by atoms with Gasteiger partial charge in [-0.3, -0.25) is 0 Å². The third-order valence-electron chi connectivity index (χ3n) is 2.32. The van der Waals surface area contributed by atoms with Crippen LogP contribution in [0.4, 0.5) is 39.5 Å². The number of rotatable bonds is 2. The van der Waals surface area contributed by atoms with E-state index >= 15 is 0 Å². The molecule has 0 aromatic heterocycles. The summed E-state index contributed by atoms with van der Waals surface area (Å²) in [5, 5.41) is 0. The Labute approximate surface area is 112 Å². The van der Waals surface area contributed by atoms with Crippen LogP contribution in [0.5, 0.6) is 5.75 Å². The summed E-state index contributed by atoms with van der Waals surface area (Å²) < 4.78 is 118. The molecule has 0 spiro atoms. The van der Waals surface area contributed by atoms with Crippen LogP contribution in [0.1, 0.15) is 23.6 Å². The number of hydrogen-bond donors (Lipinski definition) is 0. The summed E-state index contributed by atoms with van der Waals surface area (Å²) in [6, 6.07) is -0.805. The highest BCUT2D eigenvalue weighted by Crippen LogP contribution is 2.47. The monoisotopic (exact) mass is 326 g/mol. The van der Waals surface area contributed by atoms with Crippen molar-refractivity contribution >= 4 is 0 Å².